The summed E-state index contributed by atoms with van der Waals surface area (Å²) in [6.45, 7) is 0. The molecular weight excluding hydrogens is 290 g/mol. The van der Waals surface area contributed by atoms with E-state index in [1.54, 1.807) is 0 Å². The molecule has 4 N–H and O–H groups in total. The number of aromatic nitrogens is 2. The Balaban J connectivity index is 2.04. The van der Waals surface area contributed by atoms with Crippen LogP contribution in [-0.4, -0.2) is 15.9 Å². The number of hydrazine groups is 1. The highest BCUT2D eigenvalue weighted by atomic mass is 16.2. The Hall–Kier alpha value is -3.25. The van der Waals surface area contributed by atoms with Crippen molar-refractivity contribution in [3.63, 3.8) is 0 Å². The summed E-state index contributed by atoms with van der Waals surface area (Å²) in [6.07, 6.45) is 1.46. The molecule has 1 aromatic heterocycles. The van der Waals surface area contributed by atoms with Crippen molar-refractivity contribution in [3.8, 4) is 11.4 Å². The molecule has 0 unspecified atom stereocenters. The summed E-state index contributed by atoms with van der Waals surface area (Å²) in [7, 11) is 0. The zero-order valence-electron chi connectivity index (χ0n) is 12.2. The number of amides is 1. The molecule has 0 saturated carbocycles. The monoisotopic (exact) mass is 305 g/mol. The largest absolute Gasteiger partial charge is 0.339 e. The third-order valence-corrected chi connectivity index (χ3v) is 3.23. The van der Waals surface area contributed by atoms with Gasteiger partial charge in [-0.3, -0.25) is 10.2 Å². The zero-order chi connectivity index (χ0) is 16.1. The zero-order valence-corrected chi connectivity index (χ0v) is 12.2. The van der Waals surface area contributed by atoms with Crippen molar-refractivity contribution in [2.45, 2.75) is 0 Å². The molecule has 2 aromatic carbocycles. The van der Waals surface area contributed by atoms with Crippen molar-refractivity contribution in [2.24, 2.45) is 5.84 Å². The van der Waals surface area contributed by atoms with Gasteiger partial charge in [0.25, 0.3) is 5.91 Å². The van der Waals surface area contributed by atoms with Gasteiger partial charge < -0.3 is 5.32 Å². The van der Waals surface area contributed by atoms with Crippen LogP contribution in [0.25, 0.3) is 11.4 Å². The predicted molar refractivity (Wildman–Crippen MR) is 88.8 cm³/mol. The van der Waals surface area contributed by atoms with Crippen LogP contribution >= 0.6 is 0 Å². The number of benzene rings is 2. The van der Waals surface area contributed by atoms with Crippen molar-refractivity contribution >= 4 is 17.4 Å². The van der Waals surface area contributed by atoms with E-state index in [2.05, 4.69) is 20.7 Å². The smallest absolute Gasteiger partial charge is 0.270 e. The predicted octanol–water partition coefficient (Wildman–Crippen LogP) is 2.49. The van der Waals surface area contributed by atoms with Crippen molar-refractivity contribution in [1.29, 1.82) is 0 Å². The van der Waals surface area contributed by atoms with Gasteiger partial charge in [0.15, 0.2) is 5.82 Å². The molecule has 0 spiro atoms. The summed E-state index contributed by atoms with van der Waals surface area (Å²) in [6, 6.07) is 19.0. The lowest BCUT2D eigenvalue weighted by molar-refractivity contribution is 0.0954. The van der Waals surface area contributed by atoms with Crippen molar-refractivity contribution in [2.75, 3.05) is 5.32 Å². The Morgan fingerprint density at radius 2 is 1.61 bits per heavy atom. The van der Waals surface area contributed by atoms with Gasteiger partial charge in [-0.15, -0.1) is 0 Å². The lowest BCUT2D eigenvalue weighted by atomic mass is 10.2. The lowest BCUT2D eigenvalue weighted by Gasteiger charge is -2.11. The number of rotatable bonds is 4. The fourth-order valence-corrected chi connectivity index (χ4v) is 2.11. The molecule has 0 aliphatic rings. The molecule has 0 aliphatic heterocycles. The number of hydrogen-bond acceptors (Lipinski definition) is 5. The maximum atomic E-state index is 11.9. The van der Waals surface area contributed by atoms with Crippen LogP contribution in [0.3, 0.4) is 0 Å². The van der Waals surface area contributed by atoms with E-state index >= 15 is 0 Å². The molecular formula is C17H15N5O. The van der Waals surface area contributed by atoms with Crippen molar-refractivity contribution in [1.82, 2.24) is 15.4 Å². The number of hydrogen-bond donors (Lipinski definition) is 3. The standard InChI is InChI=1S/C17H15N5O/c18-22-17(23)14-11-19-15(12-7-3-1-4-8-12)21-16(14)20-13-9-5-2-6-10-13/h1-11H,18H2,(H,22,23)(H,19,20,21). The maximum absolute atomic E-state index is 11.9. The third kappa shape index (κ3) is 3.33. The van der Waals surface area contributed by atoms with Crippen LogP contribution in [0.15, 0.2) is 66.9 Å². The van der Waals surface area contributed by atoms with E-state index in [0.717, 1.165) is 11.3 Å². The van der Waals surface area contributed by atoms with Crippen LogP contribution in [0.5, 0.6) is 0 Å². The minimum Gasteiger partial charge on any atom is -0.339 e. The molecule has 114 valence electrons. The second-order valence-electron chi connectivity index (χ2n) is 4.79. The molecule has 1 heterocycles. The van der Waals surface area contributed by atoms with E-state index in [4.69, 9.17) is 5.84 Å². The molecule has 0 radical (unpaired) electrons. The highest BCUT2D eigenvalue weighted by Crippen LogP contribution is 2.22. The summed E-state index contributed by atoms with van der Waals surface area (Å²) >= 11 is 0. The first-order valence-electron chi connectivity index (χ1n) is 7.03. The minimum absolute atomic E-state index is 0.274. The number of anilines is 2. The summed E-state index contributed by atoms with van der Waals surface area (Å²) in [5.41, 5.74) is 4.06. The molecule has 1 amide bonds. The van der Waals surface area contributed by atoms with Gasteiger partial charge in [-0.1, -0.05) is 48.5 Å². The Labute approximate surface area is 133 Å². The Bertz CT molecular complexity index is 806. The maximum Gasteiger partial charge on any atom is 0.270 e. The molecule has 6 heteroatoms. The van der Waals surface area contributed by atoms with E-state index < -0.39 is 5.91 Å². The fourth-order valence-electron chi connectivity index (χ4n) is 2.11. The number of nitrogens with one attached hydrogen (secondary N) is 2. The summed E-state index contributed by atoms with van der Waals surface area (Å²) in [5.74, 6) is 5.70. The molecule has 3 aromatic rings. The molecule has 0 atom stereocenters. The van der Waals surface area contributed by atoms with E-state index in [1.807, 2.05) is 60.7 Å². The van der Waals surface area contributed by atoms with Crippen LogP contribution in [0.4, 0.5) is 11.5 Å². The van der Waals surface area contributed by atoms with Crippen molar-refractivity contribution < 1.29 is 4.79 Å². The Kier molecular flexibility index (Phi) is 4.26. The molecule has 0 aliphatic carbocycles. The average molecular weight is 305 g/mol. The van der Waals surface area contributed by atoms with Gasteiger partial charge in [0, 0.05) is 17.4 Å². The van der Waals surface area contributed by atoms with Gasteiger partial charge in [-0.25, -0.2) is 15.8 Å². The van der Waals surface area contributed by atoms with E-state index in [9.17, 15) is 4.79 Å². The number of para-hydroxylation sites is 1. The number of nitrogens with two attached hydrogens (primary N) is 1. The topological polar surface area (TPSA) is 92.9 Å². The van der Waals surface area contributed by atoms with Gasteiger partial charge >= 0.3 is 0 Å². The highest BCUT2D eigenvalue weighted by Gasteiger charge is 2.14. The minimum atomic E-state index is -0.456. The first-order chi connectivity index (χ1) is 11.3. The van der Waals surface area contributed by atoms with Crippen LogP contribution in [0.1, 0.15) is 10.4 Å². The Morgan fingerprint density at radius 1 is 0.957 bits per heavy atom. The van der Waals surface area contributed by atoms with Gasteiger partial charge in [-0.2, -0.15) is 0 Å². The van der Waals surface area contributed by atoms with E-state index in [-0.39, 0.29) is 5.56 Å². The SMILES string of the molecule is NNC(=O)c1cnc(-c2ccccc2)nc1Nc1ccccc1. The average Bonchev–Trinajstić information content (AvgIpc) is 2.62. The fraction of sp³-hybridized carbons (Fsp3) is 0. The third-order valence-electron chi connectivity index (χ3n) is 3.23. The van der Waals surface area contributed by atoms with Crippen molar-refractivity contribution in [3.05, 3.63) is 72.4 Å². The van der Waals surface area contributed by atoms with Gasteiger partial charge in [0.1, 0.15) is 11.4 Å². The second kappa shape index (κ2) is 6.67. The second-order valence-corrected chi connectivity index (χ2v) is 4.79. The van der Waals surface area contributed by atoms with Gasteiger partial charge in [-0.05, 0) is 12.1 Å². The first kappa shape index (κ1) is 14.7. The molecule has 0 fully saturated rings. The quantitative estimate of drug-likeness (QED) is 0.391. The molecule has 3 rings (SSSR count). The summed E-state index contributed by atoms with van der Waals surface area (Å²) in [4.78, 5) is 20.6. The van der Waals surface area contributed by atoms with Crippen LogP contribution in [0, 0.1) is 0 Å². The van der Waals surface area contributed by atoms with E-state index in [0.29, 0.717) is 11.6 Å². The number of nitrogen functional groups attached to an aromatic ring is 1. The Morgan fingerprint density at radius 3 is 2.26 bits per heavy atom. The normalized spacial score (nSPS) is 10.1. The van der Waals surface area contributed by atoms with Crippen LogP contribution < -0.4 is 16.6 Å². The number of carbonyl (C=O) groups excluding carboxylic acids is 1. The number of carbonyl (C=O) groups is 1. The van der Waals surface area contributed by atoms with Crippen LogP contribution in [0.2, 0.25) is 0 Å². The molecule has 0 bridgehead atoms. The lowest BCUT2D eigenvalue weighted by Crippen LogP contribution is -2.31. The van der Waals surface area contributed by atoms with Crippen LogP contribution in [-0.2, 0) is 0 Å². The summed E-state index contributed by atoms with van der Waals surface area (Å²) in [5, 5.41) is 3.13. The number of nitrogens with zero attached hydrogens (tertiary/aromatic N) is 2. The highest BCUT2D eigenvalue weighted by molar-refractivity contribution is 5.99. The van der Waals surface area contributed by atoms with Gasteiger partial charge in [0.2, 0.25) is 0 Å². The summed E-state index contributed by atoms with van der Waals surface area (Å²) < 4.78 is 0. The van der Waals surface area contributed by atoms with E-state index in [1.165, 1.54) is 6.20 Å². The van der Waals surface area contributed by atoms with Gasteiger partial charge in [0.05, 0.1) is 0 Å². The molecule has 6 nitrogen and oxygen atoms in total. The molecule has 0 saturated heterocycles. The first-order valence-corrected chi connectivity index (χ1v) is 7.03. The molecule has 23 heavy (non-hydrogen) atoms.